The first-order valence-corrected chi connectivity index (χ1v) is 8.56. The number of nitrogens with one attached hydrogen (secondary N) is 3. The Morgan fingerprint density at radius 3 is 2.58 bits per heavy atom. The number of likely N-dealkylation sites (N-methyl/N-ethyl adjacent to an activating group) is 1. The van der Waals surface area contributed by atoms with Gasteiger partial charge in [0.25, 0.3) is 5.91 Å². The van der Waals surface area contributed by atoms with E-state index >= 15 is 0 Å². The molecule has 1 atom stereocenters. The van der Waals surface area contributed by atoms with Crippen molar-refractivity contribution >= 4 is 34.0 Å². The Kier molecular flexibility index (Phi) is 4.99. The summed E-state index contributed by atoms with van der Waals surface area (Å²) < 4.78 is 11.0. The SMILES string of the molecule is CNC(=O)C1=C(C)NC(=S)N[C@H]1c1c(OC)ccc2ccc(OC)cc12. The Labute approximate surface area is 157 Å². The second-order valence-corrected chi connectivity index (χ2v) is 6.33. The number of methoxy groups -OCH3 is 2. The second kappa shape index (κ2) is 7.21. The summed E-state index contributed by atoms with van der Waals surface area (Å²) >= 11 is 5.33. The summed E-state index contributed by atoms with van der Waals surface area (Å²) in [5.41, 5.74) is 2.11. The van der Waals surface area contributed by atoms with Crippen LogP contribution in [0.5, 0.6) is 11.5 Å². The van der Waals surface area contributed by atoms with Gasteiger partial charge in [0.05, 0.1) is 25.8 Å². The van der Waals surface area contributed by atoms with E-state index in [0.29, 0.717) is 22.1 Å². The zero-order valence-corrected chi connectivity index (χ0v) is 15.9. The summed E-state index contributed by atoms with van der Waals surface area (Å²) in [7, 11) is 4.84. The van der Waals surface area contributed by atoms with Crippen LogP contribution in [0, 0.1) is 0 Å². The van der Waals surface area contributed by atoms with Crippen LogP contribution in [0.25, 0.3) is 10.8 Å². The number of amides is 1. The summed E-state index contributed by atoms with van der Waals surface area (Å²) in [6, 6.07) is 9.25. The molecular weight excluding hydrogens is 350 g/mol. The van der Waals surface area contributed by atoms with Crippen molar-refractivity contribution in [1.82, 2.24) is 16.0 Å². The Hall–Kier alpha value is -2.80. The Morgan fingerprint density at radius 1 is 1.19 bits per heavy atom. The highest BCUT2D eigenvalue weighted by molar-refractivity contribution is 7.80. The lowest BCUT2D eigenvalue weighted by Gasteiger charge is -2.31. The molecule has 0 saturated carbocycles. The molecule has 0 radical (unpaired) electrons. The van der Waals surface area contributed by atoms with Crippen LogP contribution in [0.1, 0.15) is 18.5 Å². The Balaban J connectivity index is 2.32. The predicted molar refractivity (Wildman–Crippen MR) is 105 cm³/mol. The van der Waals surface area contributed by atoms with E-state index in [2.05, 4.69) is 16.0 Å². The van der Waals surface area contributed by atoms with Crippen molar-refractivity contribution in [1.29, 1.82) is 0 Å². The lowest BCUT2D eigenvalue weighted by molar-refractivity contribution is -0.117. The largest absolute Gasteiger partial charge is 0.497 e. The standard InChI is InChI=1S/C19H21N3O3S/c1-10-15(18(23)20-2)17(22-19(26)21-10)16-13-9-12(24-3)7-5-11(13)6-8-14(16)25-4/h5-9,17H,1-4H3,(H,20,23)(H2,21,22,26)/t17-/m1/s1. The van der Waals surface area contributed by atoms with Crippen LogP contribution in [0.15, 0.2) is 41.6 Å². The fourth-order valence-electron chi connectivity index (χ4n) is 3.25. The summed E-state index contributed by atoms with van der Waals surface area (Å²) in [5, 5.41) is 11.3. The van der Waals surface area contributed by atoms with Crippen molar-refractivity contribution < 1.29 is 14.3 Å². The lowest BCUT2D eigenvalue weighted by atomic mass is 9.90. The topological polar surface area (TPSA) is 71.6 Å². The van der Waals surface area contributed by atoms with E-state index < -0.39 is 6.04 Å². The molecule has 3 N–H and O–H groups in total. The van der Waals surface area contributed by atoms with Gasteiger partial charge < -0.3 is 25.4 Å². The average Bonchev–Trinajstić information content (AvgIpc) is 2.65. The number of hydrogen-bond donors (Lipinski definition) is 3. The summed E-state index contributed by atoms with van der Waals surface area (Å²) in [4.78, 5) is 12.6. The minimum absolute atomic E-state index is 0.183. The molecule has 1 heterocycles. The molecule has 0 unspecified atom stereocenters. The smallest absolute Gasteiger partial charge is 0.251 e. The fraction of sp³-hybridized carbons (Fsp3) is 0.263. The molecule has 3 rings (SSSR count). The summed E-state index contributed by atoms with van der Waals surface area (Å²) in [6.45, 7) is 1.84. The maximum Gasteiger partial charge on any atom is 0.251 e. The highest BCUT2D eigenvalue weighted by Crippen LogP contribution is 2.39. The van der Waals surface area contributed by atoms with Crippen molar-refractivity contribution in [3.8, 4) is 11.5 Å². The Bertz CT molecular complexity index is 918. The molecule has 0 aromatic heterocycles. The third-order valence-electron chi connectivity index (χ3n) is 4.48. The van der Waals surface area contributed by atoms with Gasteiger partial charge in [0.15, 0.2) is 5.11 Å². The van der Waals surface area contributed by atoms with Gasteiger partial charge in [-0.3, -0.25) is 4.79 Å². The first-order chi connectivity index (χ1) is 12.5. The van der Waals surface area contributed by atoms with Crippen molar-refractivity contribution in [3.05, 3.63) is 47.2 Å². The first-order valence-electron chi connectivity index (χ1n) is 8.15. The van der Waals surface area contributed by atoms with Crippen molar-refractivity contribution in [2.45, 2.75) is 13.0 Å². The van der Waals surface area contributed by atoms with Gasteiger partial charge in [-0.05, 0) is 48.1 Å². The van der Waals surface area contributed by atoms with Crippen molar-refractivity contribution in [2.24, 2.45) is 0 Å². The third-order valence-corrected chi connectivity index (χ3v) is 4.70. The van der Waals surface area contributed by atoms with E-state index in [4.69, 9.17) is 21.7 Å². The molecular formula is C19H21N3O3S. The number of benzene rings is 2. The molecule has 2 aromatic carbocycles. The van der Waals surface area contributed by atoms with Crippen molar-refractivity contribution in [3.63, 3.8) is 0 Å². The van der Waals surface area contributed by atoms with Crippen LogP contribution < -0.4 is 25.4 Å². The first kappa shape index (κ1) is 18.0. The van der Waals surface area contributed by atoms with Gasteiger partial charge in [-0.2, -0.15) is 0 Å². The molecule has 0 aliphatic carbocycles. The molecule has 0 spiro atoms. The highest BCUT2D eigenvalue weighted by atomic mass is 32.1. The molecule has 7 heteroatoms. The van der Waals surface area contributed by atoms with Crippen molar-refractivity contribution in [2.75, 3.05) is 21.3 Å². The maximum atomic E-state index is 12.6. The van der Waals surface area contributed by atoms with Crippen LogP contribution in [0.4, 0.5) is 0 Å². The molecule has 0 bridgehead atoms. The number of hydrogen-bond acceptors (Lipinski definition) is 4. The number of fused-ring (bicyclic) bond motifs is 1. The van der Waals surface area contributed by atoms with Crippen LogP contribution in [0.2, 0.25) is 0 Å². The van der Waals surface area contributed by atoms with Crippen LogP contribution in [-0.2, 0) is 4.79 Å². The molecule has 1 amide bonds. The van der Waals surface area contributed by atoms with E-state index in [1.54, 1.807) is 21.3 Å². The van der Waals surface area contributed by atoms with Gasteiger partial charge in [0.1, 0.15) is 11.5 Å². The minimum atomic E-state index is -0.450. The van der Waals surface area contributed by atoms with Crippen LogP contribution in [0.3, 0.4) is 0 Å². The number of thiocarbonyl (C=S) groups is 1. The quantitative estimate of drug-likeness (QED) is 0.717. The monoisotopic (exact) mass is 371 g/mol. The third kappa shape index (κ3) is 3.06. The van der Waals surface area contributed by atoms with Crippen LogP contribution >= 0.6 is 12.2 Å². The molecule has 1 aliphatic rings. The number of allylic oxidation sites excluding steroid dienone is 1. The van der Waals surface area contributed by atoms with Gasteiger partial charge in [0.2, 0.25) is 0 Å². The van der Waals surface area contributed by atoms with E-state index in [9.17, 15) is 4.79 Å². The number of carbonyl (C=O) groups is 1. The lowest BCUT2D eigenvalue weighted by Crippen LogP contribution is -2.46. The average molecular weight is 371 g/mol. The number of ether oxygens (including phenoxy) is 2. The van der Waals surface area contributed by atoms with Gasteiger partial charge in [-0.25, -0.2) is 0 Å². The van der Waals surface area contributed by atoms with Gasteiger partial charge in [0, 0.05) is 18.3 Å². The normalized spacial score (nSPS) is 16.8. The maximum absolute atomic E-state index is 12.6. The molecule has 0 fully saturated rings. The van der Waals surface area contributed by atoms with E-state index in [1.165, 1.54) is 0 Å². The summed E-state index contributed by atoms with van der Waals surface area (Å²) in [5.74, 6) is 1.21. The minimum Gasteiger partial charge on any atom is -0.497 e. The predicted octanol–water partition coefficient (Wildman–Crippen LogP) is 2.40. The molecule has 6 nitrogen and oxygen atoms in total. The highest BCUT2D eigenvalue weighted by Gasteiger charge is 2.32. The molecule has 2 aromatic rings. The Morgan fingerprint density at radius 2 is 1.92 bits per heavy atom. The molecule has 136 valence electrons. The second-order valence-electron chi connectivity index (χ2n) is 5.92. The molecule has 26 heavy (non-hydrogen) atoms. The molecule has 1 aliphatic heterocycles. The van der Waals surface area contributed by atoms with Gasteiger partial charge in [-0.1, -0.05) is 12.1 Å². The number of carbonyl (C=O) groups excluding carboxylic acids is 1. The zero-order chi connectivity index (χ0) is 18.8. The number of rotatable bonds is 4. The fourth-order valence-corrected chi connectivity index (χ4v) is 3.52. The van der Waals surface area contributed by atoms with E-state index in [0.717, 1.165) is 22.1 Å². The van der Waals surface area contributed by atoms with E-state index in [1.807, 2.05) is 37.3 Å². The summed E-state index contributed by atoms with van der Waals surface area (Å²) in [6.07, 6.45) is 0. The van der Waals surface area contributed by atoms with Crippen LogP contribution in [-0.4, -0.2) is 32.3 Å². The zero-order valence-electron chi connectivity index (χ0n) is 15.1. The van der Waals surface area contributed by atoms with Gasteiger partial charge >= 0.3 is 0 Å². The molecule has 0 saturated heterocycles. The van der Waals surface area contributed by atoms with E-state index in [-0.39, 0.29) is 5.91 Å². The van der Waals surface area contributed by atoms with Gasteiger partial charge in [-0.15, -0.1) is 0 Å².